The van der Waals surface area contributed by atoms with Gasteiger partial charge in [-0.3, -0.25) is 4.79 Å². The van der Waals surface area contributed by atoms with E-state index in [1.807, 2.05) is 25.1 Å². The molecule has 1 aliphatic heterocycles. The lowest BCUT2D eigenvalue weighted by molar-refractivity contribution is -0.122. The topological polar surface area (TPSA) is 52.6 Å². The number of para-hydroxylation sites is 1. The number of anilines is 1. The number of rotatable bonds is 3. The van der Waals surface area contributed by atoms with Crippen molar-refractivity contribution in [2.75, 3.05) is 18.1 Å². The summed E-state index contributed by atoms with van der Waals surface area (Å²) in [4.78, 5) is 14.0. The summed E-state index contributed by atoms with van der Waals surface area (Å²) in [5.41, 5.74) is 0.737. The third-order valence-electron chi connectivity index (χ3n) is 3.07. The lowest BCUT2D eigenvalue weighted by atomic mass is 10.1. The first-order valence-corrected chi connectivity index (χ1v) is 6.44. The summed E-state index contributed by atoms with van der Waals surface area (Å²) >= 11 is 6.13. The van der Waals surface area contributed by atoms with Gasteiger partial charge in [0.05, 0.1) is 16.8 Å². The molecule has 0 saturated carbocycles. The molecular weight excluding hydrogens is 252 g/mol. The number of carbonyl (C=O) groups is 1. The van der Waals surface area contributed by atoms with E-state index in [9.17, 15) is 4.79 Å². The van der Waals surface area contributed by atoms with E-state index in [-0.39, 0.29) is 24.6 Å². The maximum absolute atomic E-state index is 12.3. The van der Waals surface area contributed by atoms with Crippen molar-refractivity contribution in [1.82, 2.24) is 5.32 Å². The fourth-order valence-electron chi connectivity index (χ4n) is 2.24. The summed E-state index contributed by atoms with van der Waals surface area (Å²) in [6.45, 7) is 2.59. The van der Waals surface area contributed by atoms with Crippen LogP contribution in [-0.4, -0.2) is 36.2 Å². The monoisotopic (exact) mass is 268 g/mol. The molecule has 2 atom stereocenters. The Bertz CT molecular complexity index is 439. The van der Waals surface area contributed by atoms with Crippen LogP contribution in [0.4, 0.5) is 5.69 Å². The van der Waals surface area contributed by atoms with E-state index in [4.69, 9.17) is 16.7 Å². The van der Waals surface area contributed by atoms with E-state index in [2.05, 4.69) is 5.32 Å². The third kappa shape index (κ3) is 2.66. The van der Waals surface area contributed by atoms with E-state index >= 15 is 0 Å². The maximum Gasteiger partial charge on any atom is 0.244 e. The van der Waals surface area contributed by atoms with Gasteiger partial charge in [-0.25, -0.2) is 0 Å². The van der Waals surface area contributed by atoms with Crippen molar-refractivity contribution >= 4 is 23.2 Å². The Balaban J connectivity index is 2.26. The lowest BCUT2D eigenvalue weighted by Gasteiger charge is -2.37. The molecular formula is C13H17ClN2O2. The van der Waals surface area contributed by atoms with Crippen LogP contribution in [0.15, 0.2) is 24.3 Å². The van der Waals surface area contributed by atoms with Crippen molar-refractivity contribution in [3.8, 4) is 0 Å². The summed E-state index contributed by atoms with van der Waals surface area (Å²) in [7, 11) is 0. The highest BCUT2D eigenvalue weighted by Crippen LogP contribution is 2.27. The number of benzene rings is 1. The van der Waals surface area contributed by atoms with Crippen LogP contribution < -0.4 is 10.2 Å². The second kappa shape index (κ2) is 5.69. The lowest BCUT2D eigenvalue weighted by Crippen LogP contribution is -2.59. The van der Waals surface area contributed by atoms with Gasteiger partial charge in [-0.15, -0.1) is 0 Å². The van der Waals surface area contributed by atoms with Crippen LogP contribution in [-0.2, 0) is 4.79 Å². The fraction of sp³-hybridized carbons (Fsp3) is 0.462. The molecule has 4 nitrogen and oxygen atoms in total. The van der Waals surface area contributed by atoms with Crippen molar-refractivity contribution < 1.29 is 9.90 Å². The van der Waals surface area contributed by atoms with Crippen molar-refractivity contribution in [3.63, 3.8) is 0 Å². The van der Waals surface area contributed by atoms with Gasteiger partial charge in [0.2, 0.25) is 5.91 Å². The standard InChI is InChI=1S/C13H17ClN2O2/c1-9-8-16(12-5-3-2-4-10(12)14)13(18)11(15-9)6-7-17/h2-5,9,11,15,17H,6-8H2,1H3. The Morgan fingerprint density at radius 2 is 2.22 bits per heavy atom. The molecule has 2 N–H and O–H groups in total. The van der Waals surface area contributed by atoms with Crippen LogP contribution in [0.1, 0.15) is 13.3 Å². The van der Waals surface area contributed by atoms with Crippen molar-refractivity contribution in [2.24, 2.45) is 0 Å². The van der Waals surface area contributed by atoms with Gasteiger partial charge in [-0.2, -0.15) is 0 Å². The van der Waals surface area contributed by atoms with Crippen LogP contribution in [0.25, 0.3) is 0 Å². The van der Waals surface area contributed by atoms with Crippen LogP contribution in [0.3, 0.4) is 0 Å². The number of hydrogen-bond acceptors (Lipinski definition) is 3. The first-order valence-electron chi connectivity index (χ1n) is 6.06. The summed E-state index contributed by atoms with van der Waals surface area (Å²) in [5.74, 6) is -0.0322. The maximum atomic E-state index is 12.3. The summed E-state index contributed by atoms with van der Waals surface area (Å²) in [5, 5.41) is 12.8. The van der Waals surface area contributed by atoms with Gasteiger partial charge in [0.25, 0.3) is 0 Å². The molecule has 0 aromatic heterocycles. The largest absolute Gasteiger partial charge is 0.396 e. The van der Waals surface area contributed by atoms with Gasteiger partial charge in [0, 0.05) is 19.2 Å². The molecule has 0 aliphatic carbocycles. The van der Waals surface area contributed by atoms with Crippen molar-refractivity contribution in [1.29, 1.82) is 0 Å². The Kier molecular flexibility index (Phi) is 4.22. The SMILES string of the molecule is CC1CN(c2ccccc2Cl)C(=O)C(CCO)N1. The van der Waals surface area contributed by atoms with Gasteiger partial charge in [-0.1, -0.05) is 23.7 Å². The minimum absolute atomic E-state index is 0.00745. The fourth-order valence-corrected chi connectivity index (χ4v) is 2.48. The average molecular weight is 269 g/mol. The molecule has 1 aliphatic rings. The molecule has 2 unspecified atom stereocenters. The zero-order chi connectivity index (χ0) is 13.1. The first kappa shape index (κ1) is 13.3. The average Bonchev–Trinajstić information content (AvgIpc) is 2.34. The van der Waals surface area contributed by atoms with Gasteiger partial charge < -0.3 is 15.3 Å². The minimum atomic E-state index is -0.338. The van der Waals surface area contributed by atoms with Crippen LogP contribution in [0.2, 0.25) is 5.02 Å². The van der Waals surface area contributed by atoms with E-state index < -0.39 is 0 Å². The molecule has 1 heterocycles. The predicted octanol–water partition coefficient (Wildman–Crippen LogP) is 1.42. The number of aliphatic hydroxyl groups is 1. The summed E-state index contributed by atoms with van der Waals surface area (Å²) < 4.78 is 0. The highest BCUT2D eigenvalue weighted by atomic mass is 35.5. The minimum Gasteiger partial charge on any atom is -0.396 e. The molecule has 5 heteroatoms. The van der Waals surface area contributed by atoms with E-state index in [1.54, 1.807) is 11.0 Å². The van der Waals surface area contributed by atoms with E-state index in [0.29, 0.717) is 18.0 Å². The number of halogens is 1. The second-order valence-electron chi connectivity index (χ2n) is 4.53. The quantitative estimate of drug-likeness (QED) is 0.872. The number of nitrogens with zero attached hydrogens (tertiary/aromatic N) is 1. The summed E-state index contributed by atoms with van der Waals surface area (Å²) in [6, 6.07) is 7.16. The number of aliphatic hydroxyl groups excluding tert-OH is 1. The van der Waals surface area contributed by atoms with Crippen LogP contribution >= 0.6 is 11.6 Å². The molecule has 1 aromatic rings. The zero-order valence-corrected chi connectivity index (χ0v) is 11.0. The molecule has 1 amide bonds. The van der Waals surface area contributed by atoms with Gasteiger partial charge in [-0.05, 0) is 25.5 Å². The second-order valence-corrected chi connectivity index (χ2v) is 4.94. The highest BCUT2D eigenvalue weighted by molar-refractivity contribution is 6.33. The molecule has 0 spiro atoms. The molecule has 0 bridgehead atoms. The normalized spacial score (nSPS) is 24.4. The molecule has 98 valence electrons. The predicted molar refractivity (Wildman–Crippen MR) is 71.9 cm³/mol. The van der Waals surface area contributed by atoms with Crippen molar-refractivity contribution in [3.05, 3.63) is 29.3 Å². The Hall–Kier alpha value is -1.10. The Labute approximate surface area is 112 Å². The molecule has 18 heavy (non-hydrogen) atoms. The molecule has 2 rings (SSSR count). The number of carbonyl (C=O) groups excluding carboxylic acids is 1. The third-order valence-corrected chi connectivity index (χ3v) is 3.39. The Morgan fingerprint density at radius 1 is 1.50 bits per heavy atom. The Morgan fingerprint density at radius 3 is 2.89 bits per heavy atom. The molecule has 1 aromatic carbocycles. The van der Waals surface area contributed by atoms with E-state index in [0.717, 1.165) is 5.69 Å². The van der Waals surface area contributed by atoms with Gasteiger partial charge >= 0.3 is 0 Å². The summed E-state index contributed by atoms with van der Waals surface area (Å²) in [6.07, 6.45) is 0.421. The zero-order valence-electron chi connectivity index (χ0n) is 10.3. The van der Waals surface area contributed by atoms with Gasteiger partial charge in [0.15, 0.2) is 0 Å². The first-order chi connectivity index (χ1) is 8.63. The number of hydrogen-bond donors (Lipinski definition) is 2. The molecule has 0 radical (unpaired) electrons. The smallest absolute Gasteiger partial charge is 0.244 e. The molecule has 1 fully saturated rings. The number of amides is 1. The number of nitrogens with one attached hydrogen (secondary N) is 1. The van der Waals surface area contributed by atoms with Gasteiger partial charge in [0.1, 0.15) is 0 Å². The van der Waals surface area contributed by atoms with Crippen molar-refractivity contribution in [2.45, 2.75) is 25.4 Å². The van der Waals surface area contributed by atoms with E-state index in [1.165, 1.54) is 0 Å². The van der Waals surface area contributed by atoms with Crippen LogP contribution in [0.5, 0.6) is 0 Å². The van der Waals surface area contributed by atoms with Crippen LogP contribution in [0, 0.1) is 0 Å². The highest BCUT2D eigenvalue weighted by Gasteiger charge is 2.32. The number of piperazine rings is 1. The molecule has 1 saturated heterocycles.